The quantitative estimate of drug-likeness (QED) is 0.377. The Morgan fingerprint density at radius 3 is 2.75 bits per heavy atom. The van der Waals surface area contributed by atoms with E-state index in [-0.39, 0.29) is 11.0 Å². The highest BCUT2D eigenvalue weighted by Crippen LogP contribution is 2.20. The Balaban J connectivity index is 2.54. The normalized spacial score (nSPS) is 28.5. The molecule has 1 rings (SSSR count). The predicted molar refractivity (Wildman–Crippen MR) is 31.9 cm³/mol. The first-order valence-electron chi connectivity index (χ1n) is 2.44. The summed E-state index contributed by atoms with van der Waals surface area (Å²) in [6.07, 6.45) is 1.30. The van der Waals surface area contributed by atoms with Gasteiger partial charge in [0.05, 0.1) is 0 Å². The number of thioether (sulfide) groups is 1. The van der Waals surface area contributed by atoms with Crippen LogP contribution in [0.4, 0.5) is 0 Å². The van der Waals surface area contributed by atoms with Gasteiger partial charge in [-0.2, -0.15) is 0 Å². The summed E-state index contributed by atoms with van der Waals surface area (Å²) >= 11 is 1.43. The van der Waals surface area contributed by atoms with Crippen molar-refractivity contribution in [3.05, 3.63) is 0 Å². The Morgan fingerprint density at radius 2 is 2.50 bits per heavy atom. The van der Waals surface area contributed by atoms with Crippen LogP contribution in [0, 0.1) is 0 Å². The molecule has 0 aromatic heterocycles. The van der Waals surface area contributed by atoms with Crippen LogP contribution in [-0.2, 0) is 9.59 Å². The monoisotopic (exact) mass is 130 g/mol. The molecular formula is C5H6O2S. The van der Waals surface area contributed by atoms with Gasteiger partial charge in [0.2, 0.25) is 0 Å². The van der Waals surface area contributed by atoms with Gasteiger partial charge in [0.25, 0.3) is 0 Å². The second kappa shape index (κ2) is 2.31. The molecule has 0 aromatic carbocycles. The third kappa shape index (κ3) is 0.916. The number of carbonyl (C=O) groups excluding carboxylic acids is 2. The maximum atomic E-state index is 10.6. The van der Waals surface area contributed by atoms with Gasteiger partial charge < -0.3 is 4.79 Å². The van der Waals surface area contributed by atoms with E-state index in [1.807, 2.05) is 0 Å². The minimum absolute atomic E-state index is 0.0880. The fraction of sp³-hybridized carbons (Fsp3) is 0.600. The summed E-state index contributed by atoms with van der Waals surface area (Å²) in [6, 6.07) is 0. The molecular weight excluding hydrogens is 124 g/mol. The summed E-state index contributed by atoms with van der Waals surface area (Å²) in [5, 5.41) is -0.338. The fourth-order valence-corrected chi connectivity index (χ4v) is 1.59. The van der Waals surface area contributed by atoms with Gasteiger partial charge in [0.1, 0.15) is 11.5 Å². The first kappa shape index (κ1) is 5.82. The zero-order valence-electron chi connectivity index (χ0n) is 4.29. The molecule has 0 aromatic rings. The molecule has 2 nitrogen and oxygen atoms in total. The third-order valence-electron chi connectivity index (χ3n) is 1.09. The minimum atomic E-state index is -0.338. The van der Waals surface area contributed by atoms with Gasteiger partial charge in [0.15, 0.2) is 5.78 Å². The lowest BCUT2D eigenvalue weighted by Gasteiger charge is -1.89. The van der Waals surface area contributed by atoms with Gasteiger partial charge in [-0.15, -0.1) is 11.8 Å². The van der Waals surface area contributed by atoms with Crippen molar-refractivity contribution in [1.82, 2.24) is 0 Å². The average molecular weight is 130 g/mol. The van der Waals surface area contributed by atoms with Crippen molar-refractivity contribution in [1.29, 1.82) is 0 Å². The van der Waals surface area contributed by atoms with Crippen LogP contribution >= 0.6 is 11.8 Å². The lowest BCUT2D eigenvalue weighted by molar-refractivity contribution is -0.120. The lowest BCUT2D eigenvalue weighted by atomic mass is 10.2. The van der Waals surface area contributed by atoms with E-state index in [0.29, 0.717) is 6.42 Å². The number of aldehydes is 1. The summed E-state index contributed by atoms with van der Waals surface area (Å²) in [5.74, 6) is 0.910. The Kier molecular flexibility index (Phi) is 1.68. The second-order valence-corrected chi connectivity index (χ2v) is 2.89. The maximum absolute atomic E-state index is 10.6. The first-order chi connectivity index (χ1) is 3.84. The van der Waals surface area contributed by atoms with Gasteiger partial charge in [-0.3, -0.25) is 4.79 Å². The van der Waals surface area contributed by atoms with Gasteiger partial charge in [-0.25, -0.2) is 0 Å². The van der Waals surface area contributed by atoms with E-state index < -0.39 is 0 Å². The zero-order valence-corrected chi connectivity index (χ0v) is 5.11. The van der Waals surface area contributed by atoms with E-state index in [0.717, 1.165) is 12.0 Å². The summed E-state index contributed by atoms with van der Waals surface area (Å²) in [6.45, 7) is 0. The number of hydrogen-bond acceptors (Lipinski definition) is 3. The molecule has 1 fully saturated rings. The molecule has 0 N–H and O–H groups in total. The van der Waals surface area contributed by atoms with Crippen LogP contribution in [0.25, 0.3) is 0 Å². The van der Waals surface area contributed by atoms with Crippen LogP contribution in [0.2, 0.25) is 0 Å². The van der Waals surface area contributed by atoms with Crippen LogP contribution in [0.1, 0.15) is 6.42 Å². The Morgan fingerprint density at radius 1 is 1.75 bits per heavy atom. The number of hydrogen-bond donors (Lipinski definition) is 0. The standard InChI is InChI=1S/C5H6O2S/c6-3-5-4(7)1-2-8-5/h3,5H,1-2H2. The van der Waals surface area contributed by atoms with Crippen molar-refractivity contribution in [2.45, 2.75) is 11.7 Å². The van der Waals surface area contributed by atoms with E-state index in [4.69, 9.17) is 0 Å². The lowest BCUT2D eigenvalue weighted by Crippen LogP contribution is -2.10. The van der Waals surface area contributed by atoms with Crippen molar-refractivity contribution in [3.8, 4) is 0 Å². The molecule has 1 saturated heterocycles. The van der Waals surface area contributed by atoms with Crippen LogP contribution in [0.3, 0.4) is 0 Å². The molecule has 44 valence electrons. The molecule has 8 heavy (non-hydrogen) atoms. The predicted octanol–water partition coefficient (Wildman–Crippen LogP) is 0.260. The number of Topliss-reactive ketones (excluding diaryl/α,β-unsaturated/α-hetero) is 1. The molecule has 0 radical (unpaired) electrons. The molecule has 0 bridgehead atoms. The van der Waals surface area contributed by atoms with Gasteiger partial charge in [0, 0.05) is 12.2 Å². The Labute approximate surface area is 51.6 Å². The Bertz CT molecular complexity index is 122. The maximum Gasteiger partial charge on any atom is 0.153 e. The molecule has 0 saturated carbocycles. The van der Waals surface area contributed by atoms with E-state index in [1.165, 1.54) is 11.8 Å². The SMILES string of the molecule is O=CC1SCCC1=O. The summed E-state index contributed by atoms with van der Waals surface area (Å²) in [5.41, 5.74) is 0. The van der Waals surface area contributed by atoms with Crippen LogP contribution in [-0.4, -0.2) is 23.1 Å². The van der Waals surface area contributed by atoms with Gasteiger partial charge >= 0.3 is 0 Å². The molecule has 1 aliphatic rings. The van der Waals surface area contributed by atoms with E-state index >= 15 is 0 Å². The average Bonchev–Trinajstić information content (AvgIpc) is 2.14. The highest BCUT2D eigenvalue weighted by Gasteiger charge is 2.23. The molecule has 3 heteroatoms. The molecule has 1 unspecified atom stereocenters. The third-order valence-corrected chi connectivity index (χ3v) is 2.26. The van der Waals surface area contributed by atoms with E-state index in [1.54, 1.807) is 0 Å². The molecule has 1 aliphatic heterocycles. The number of rotatable bonds is 1. The first-order valence-corrected chi connectivity index (χ1v) is 3.49. The second-order valence-electron chi connectivity index (χ2n) is 1.64. The Hall–Kier alpha value is -0.310. The molecule has 0 spiro atoms. The summed E-state index contributed by atoms with van der Waals surface area (Å²) in [4.78, 5) is 20.5. The van der Waals surface area contributed by atoms with Gasteiger partial charge in [-0.05, 0) is 0 Å². The largest absolute Gasteiger partial charge is 0.302 e. The summed E-state index contributed by atoms with van der Waals surface area (Å²) in [7, 11) is 0. The molecule has 1 atom stereocenters. The minimum Gasteiger partial charge on any atom is -0.302 e. The number of ketones is 1. The van der Waals surface area contributed by atoms with E-state index in [2.05, 4.69) is 0 Å². The van der Waals surface area contributed by atoms with Crippen LogP contribution < -0.4 is 0 Å². The molecule has 1 heterocycles. The van der Waals surface area contributed by atoms with Crippen molar-refractivity contribution in [2.75, 3.05) is 5.75 Å². The van der Waals surface area contributed by atoms with Crippen molar-refractivity contribution in [2.24, 2.45) is 0 Å². The smallest absolute Gasteiger partial charge is 0.153 e. The van der Waals surface area contributed by atoms with Crippen LogP contribution in [0.15, 0.2) is 0 Å². The van der Waals surface area contributed by atoms with Crippen molar-refractivity contribution in [3.63, 3.8) is 0 Å². The topological polar surface area (TPSA) is 34.1 Å². The number of carbonyl (C=O) groups is 2. The summed E-state index contributed by atoms with van der Waals surface area (Å²) < 4.78 is 0. The van der Waals surface area contributed by atoms with Crippen molar-refractivity contribution < 1.29 is 9.59 Å². The zero-order chi connectivity index (χ0) is 5.98. The molecule has 0 aliphatic carbocycles. The van der Waals surface area contributed by atoms with Crippen molar-refractivity contribution >= 4 is 23.8 Å². The highest BCUT2D eigenvalue weighted by molar-refractivity contribution is 8.01. The molecule has 0 amide bonds. The fourth-order valence-electron chi connectivity index (χ4n) is 0.637. The van der Waals surface area contributed by atoms with E-state index in [9.17, 15) is 9.59 Å². The van der Waals surface area contributed by atoms with Gasteiger partial charge in [-0.1, -0.05) is 0 Å². The highest BCUT2D eigenvalue weighted by atomic mass is 32.2. The van der Waals surface area contributed by atoms with Crippen LogP contribution in [0.5, 0.6) is 0 Å².